The van der Waals surface area contributed by atoms with Crippen LogP contribution in [0.1, 0.15) is 28.6 Å². The van der Waals surface area contributed by atoms with E-state index in [1.165, 1.54) is 0 Å². The molecule has 0 aliphatic rings. The highest BCUT2D eigenvalue weighted by molar-refractivity contribution is 6.03. The summed E-state index contributed by atoms with van der Waals surface area (Å²) in [4.78, 5) is 16.1. The second-order valence-electron chi connectivity index (χ2n) is 4.98. The minimum atomic E-state index is -0.958. The maximum atomic E-state index is 11.5. The van der Waals surface area contributed by atoms with E-state index in [2.05, 4.69) is 4.98 Å². The van der Waals surface area contributed by atoms with Crippen molar-refractivity contribution in [3.63, 3.8) is 0 Å². The van der Waals surface area contributed by atoms with Crippen LogP contribution in [0.3, 0.4) is 0 Å². The van der Waals surface area contributed by atoms with Gasteiger partial charge in [0.2, 0.25) is 0 Å². The molecule has 0 bridgehead atoms. The predicted octanol–water partition coefficient (Wildman–Crippen LogP) is 4.06. The third-order valence-corrected chi connectivity index (χ3v) is 3.50. The second-order valence-corrected chi connectivity index (χ2v) is 4.98. The fraction of sp³-hybridized carbons (Fsp3) is 0.176. The molecule has 0 fully saturated rings. The van der Waals surface area contributed by atoms with E-state index in [9.17, 15) is 9.90 Å². The number of rotatable bonds is 3. The number of nitrogens with zero attached hydrogens (tertiary/aromatic N) is 1. The lowest BCUT2D eigenvalue weighted by atomic mass is 10.0. The predicted molar refractivity (Wildman–Crippen MR) is 80.5 cm³/mol. The van der Waals surface area contributed by atoms with Gasteiger partial charge in [-0.15, -0.1) is 0 Å². The molecule has 1 aromatic carbocycles. The number of benzene rings is 1. The fourth-order valence-electron chi connectivity index (χ4n) is 2.37. The standard InChI is InChI=1S/C17H15NO3/c1-3-11-5-6-14-12(8-11)13(17(19)20)9-15(18-14)16-7-4-10(2)21-16/h4-9H,3H2,1-2H3,(H,19,20). The van der Waals surface area contributed by atoms with Gasteiger partial charge in [0.25, 0.3) is 0 Å². The van der Waals surface area contributed by atoms with Crippen molar-refractivity contribution in [2.75, 3.05) is 0 Å². The number of aryl methyl sites for hydroxylation is 2. The number of aromatic nitrogens is 1. The van der Waals surface area contributed by atoms with Gasteiger partial charge in [-0.25, -0.2) is 9.78 Å². The molecule has 0 saturated heterocycles. The van der Waals surface area contributed by atoms with Crippen LogP contribution in [0, 0.1) is 6.92 Å². The van der Waals surface area contributed by atoms with Gasteiger partial charge in [-0.1, -0.05) is 13.0 Å². The number of hydrogen-bond acceptors (Lipinski definition) is 3. The van der Waals surface area contributed by atoms with Crippen molar-refractivity contribution in [3.8, 4) is 11.5 Å². The van der Waals surface area contributed by atoms with E-state index < -0.39 is 5.97 Å². The molecule has 0 saturated carbocycles. The van der Waals surface area contributed by atoms with E-state index in [4.69, 9.17) is 4.42 Å². The number of carboxylic acid groups (broad SMARTS) is 1. The smallest absolute Gasteiger partial charge is 0.336 e. The molecular weight excluding hydrogens is 266 g/mol. The average Bonchev–Trinajstić information content (AvgIpc) is 2.92. The number of carbonyl (C=O) groups is 1. The third kappa shape index (κ3) is 2.40. The number of pyridine rings is 1. The summed E-state index contributed by atoms with van der Waals surface area (Å²) in [5, 5.41) is 10.1. The maximum absolute atomic E-state index is 11.5. The molecule has 0 atom stereocenters. The first-order valence-electron chi connectivity index (χ1n) is 6.82. The topological polar surface area (TPSA) is 63.3 Å². The summed E-state index contributed by atoms with van der Waals surface area (Å²) >= 11 is 0. The van der Waals surface area contributed by atoms with E-state index >= 15 is 0 Å². The second kappa shape index (κ2) is 5.05. The molecule has 0 amide bonds. The molecule has 3 aromatic rings. The van der Waals surface area contributed by atoms with Gasteiger partial charge in [-0.05, 0) is 49.2 Å². The number of aromatic carboxylic acids is 1. The molecule has 4 nitrogen and oxygen atoms in total. The van der Waals surface area contributed by atoms with Crippen molar-refractivity contribution in [1.82, 2.24) is 4.98 Å². The van der Waals surface area contributed by atoms with Crippen molar-refractivity contribution in [3.05, 3.63) is 53.3 Å². The Morgan fingerprint density at radius 2 is 2.05 bits per heavy atom. The molecule has 4 heteroatoms. The molecule has 3 rings (SSSR count). The van der Waals surface area contributed by atoms with E-state index in [-0.39, 0.29) is 5.56 Å². The molecule has 0 aliphatic carbocycles. The highest BCUT2D eigenvalue weighted by atomic mass is 16.4. The Bertz CT molecular complexity index is 833. The van der Waals surface area contributed by atoms with Gasteiger partial charge in [0.15, 0.2) is 5.76 Å². The SMILES string of the molecule is CCc1ccc2nc(-c3ccc(C)o3)cc(C(=O)O)c2c1. The van der Waals surface area contributed by atoms with Gasteiger partial charge < -0.3 is 9.52 Å². The zero-order chi connectivity index (χ0) is 15.0. The minimum Gasteiger partial charge on any atom is -0.478 e. The number of furan rings is 1. The summed E-state index contributed by atoms with van der Waals surface area (Å²) in [5.41, 5.74) is 2.54. The van der Waals surface area contributed by atoms with E-state index in [1.807, 2.05) is 38.1 Å². The summed E-state index contributed by atoms with van der Waals surface area (Å²) in [7, 11) is 0. The van der Waals surface area contributed by atoms with Crippen LogP contribution < -0.4 is 0 Å². The first-order valence-corrected chi connectivity index (χ1v) is 6.82. The van der Waals surface area contributed by atoms with E-state index in [1.54, 1.807) is 12.1 Å². The van der Waals surface area contributed by atoms with Crippen LogP contribution in [-0.2, 0) is 6.42 Å². The average molecular weight is 281 g/mol. The minimum absolute atomic E-state index is 0.249. The Balaban J connectivity index is 2.28. The number of fused-ring (bicyclic) bond motifs is 1. The Hall–Kier alpha value is -2.62. The summed E-state index contributed by atoms with van der Waals surface area (Å²) in [6.07, 6.45) is 0.855. The Kier molecular flexibility index (Phi) is 3.22. The zero-order valence-corrected chi connectivity index (χ0v) is 11.9. The quantitative estimate of drug-likeness (QED) is 0.786. The maximum Gasteiger partial charge on any atom is 0.336 e. The van der Waals surface area contributed by atoms with Gasteiger partial charge in [-0.3, -0.25) is 0 Å². The van der Waals surface area contributed by atoms with Gasteiger partial charge in [-0.2, -0.15) is 0 Å². The highest BCUT2D eigenvalue weighted by Crippen LogP contribution is 2.27. The fourth-order valence-corrected chi connectivity index (χ4v) is 2.37. The van der Waals surface area contributed by atoms with E-state index in [0.717, 1.165) is 17.7 Å². The highest BCUT2D eigenvalue weighted by Gasteiger charge is 2.14. The number of hydrogen-bond donors (Lipinski definition) is 1. The van der Waals surface area contributed by atoms with Gasteiger partial charge in [0, 0.05) is 5.39 Å². The van der Waals surface area contributed by atoms with Crippen LogP contribution in [0.4, 0.5) is 0 Å². The third-order valence-electron chi connectivity index (χ3n) is 3.50. The van der Waals surface area contributed by atoms with Crippen molar-refractivity contribution < 1.29 is 14.3 Å². The summed E-state index contributed by atoms with van der Waals surface area (Å²) in [6.45, 7) is 3.88. The Morgan fingerprint density at radius 3 is 2.67 bits per heavy atom. The van der Waals surface area contributed by atoms with Crippen molar-refractivity contribution in [2.24, 2.45) is 0 Å². The molecule has 0 unspecified atom stereocenters. The first kappa shape index (κ1) is 13.4. The summed E-state index contributed by atoms with van der Waals surface area (Å²) in [6, 6.07) is 10.9. The van der Waals surface area contributed by atoms with Crippen molar-refractivity contribution in [2.45, 2.75) is 20.3 Å². The lowest BCUT2D eigenvalue weighted by molar-refractivity contribution is 0.0699. The van der Waals surface area contributed by atoms with Crippen LogP contribution in [0.25, 0.3) is 22.4 Å². The van der Waals surface area contributed by atoms with Crippen molar-refractivity contribution >= 4 is 16.9 Å². The molecule has 0 radical (unpaired) electrons. The van der Waals surface area contributed by atoms with Gasteiger partial charge in [0.05, 0.1) is 11.1 Å². The molecule has 21 heavy (non-hydrogen) atoms. The normalized spacial score (nSPS) is 11.0. The number of carboxylic acids is 1. The molecule has 0 aliphatic heterocycles. The van der Waals surface area contributed by atoms with Crippen LogP contribution in [-0.4, -0.2) is 16.1 Å². The van der Waals surface area contributed by atoms with Crippen LogP contribution >= 0.6 is 0 Å². The summed E-state index contributed by atoms with van der Waals surface area (Å²) < 4.78 is 5.54. The van der Waals surface area contributed by atoms with Crippen molar-refractivity contribution in [1.29, 1.82) is 0 Å². The summed E-state index contributed by atoms with van der Waals surface area (Å²) in [5.74, 6) is 0.391. The van der Waals surface area contributed by atoms with Crippen LogP contribution in [0.15, 0.2) is 40.8 Å². The van der Waals surface area contributed by atoms with E-state index in [0.29, 0.717) is 22.4 Å². The Labute approximate surface area is 122 Å². The lowest BCUT2D eigenvalue weighted by Gasteiger charge is -2.07. The molecule has 0 spiro atoms. The van der Waals surface area contributed by atoms with Crippen LogP contribution in [0.2, 0.25) is 0 Å². The van der Waals surface area contributed by atoms with Gasteiger partial charge in [0.1, 0.15) is 11.5 Å². The molecular formula is C17H15NO3. The largest absolute Gasteiger partial charge is 0.478 e. The molecule has 2 heterocycles. The molecule has 1 N–H and O–H groups in total. The zero-order valence-electron chi connectivity index (χ0n) is 11.9. The lowest BCUT2D eigenvalue weighted by Crippen LogP contribution is -2.00. The van der Waals surface area contributed by atoms with Gasteiger partial charge >= 0.3 is 5.97 Å². The van der Waals surface area contributed by atoms with Crippen LogP contribution in [0.5, 0.6) is 0 Å². The monoisotopic (exact) mass is 281 g/mol. The first-order chi connectivity index (χ1) is 10.1. The Morgan fingerprint density at radius 1 is 1.24 bits per heavy atom. The molecule has 106 valence electrons. The molecule has 2 aromatic heterocycles.